The first-order valence-electron chi connectivity index (χ1n) is 24.1. The van der Waals surface area contributed by atoms with E-state index in [-0.39, 0.29) is 53.7 Å². The molecule has 0 spiro atoms. The van der Waals surface area contributed by atoms with Crippen molar-refractivity contribution in [2.45, 2.75) is 187 Å². The number of carbonyl (C=O) groups is 3. The van der Waals surface area contributed by atoms with E-state index in [0.29, 0.717) is 12.0 Å². The van der Waals surface area contributed by atoms with Gasteiger partial charge in [-0.25, -0.2) is 9.59 Å². The number of phenolic OH excluding ortho intramolecular Hbond substituents is 2. The van der Waals surface area contributed by atoms with E-state index in [1.165, 1.54) is 27.0 Å². The Bertz CT molecular complexity index is 2180. The summed E-state index contributed by atoms with van der Waals surface area (Å²) in [7, 11) is 1.27. The van der Waals surface area contributed by atoms with Crippen molar-refractivity contribution < 1.29 is 82.9 Å². The summed E-state index contributed by atoms with van der Waals surface area (Å²) >= 11 is 12.3. The number of carbonyl (C=O) groups excluding carboxylic acids is 3. The van der Waals surface area contributed by atoms with E-state index in [9.17, 15) is 45.0 Å². The molecule has 398 valence electrons. The normalized spacial score (nSPS) is 34.1. The van der Waals surface area contributed by atoms with E-state index in [2.05, 4.69) is 0 Å². The zero-order valence-corrected chi connectivity index (χ0v) is 44.2. The van der Waals surface area contributed by atoms with E-state index in [0.717, 1.165) is 11.1 Å². The van der Waals surface area contributed by atoms with Crippen molar-refractivity contribution in [3.8, 4) is 11.5 Å². The summed E-state index contributed by atoms with van der Waals surface area (Å²) in [6.45, 7) is 18.7. The molecule has 3 aliphatic rings. The minimum atomic E-state index is -1.56. The summed E-state index contributed by atoms with van der Waals surface area (Å²) in [6, 6.07) is 0. The highest BCUT2D eigenvalue weighted by Crippen LogP contribution is 2.45. The van der Waals surface area contributed by atoms with Gasteiger partial charge in [-0.1, -0.05) is 86.9 Å². The van der Waals surface area contributed by atoms with Crippen molar-refractivity contribution in [1.29, 1.82) is 0 Å². The largest absolute Gasteiger partial charge is 0.505 e. The third-order valence-electron chi connectivity index (χ3n) is 12.9. The van der Waals surface area contributed by atoms with E-state index < -0.39 is 126 Å². The number of benzene rings is 1. The third kappa shape index (κ3) is 15.1. The van der Waals surface area contributed by atoms with Crippen LogP contribution < -0.4 is 0 Å². The number of esters is 3. The molecule has 0 bridgehead atoms. The molecule has 13 unspecified atom stereocenters. The summed E-state index contributed by atoms with van der Waals surface area (Å²) < 4.78 is 47.9. The molecular formula is C52H74Cl2O17. The van der Waals surface area contributed by atoms with Crippen LogP contribution in [0.4, 0.5) is 0 Å². The van der Waals surface area contributed by atoms with Crippen molar-refractivity contribution >= 4 is 41.1 Å². The maximum atomic E-state index is 13.9. The summed E-state index contributed by atoms with van der Waals surface area (Å²) in [5, 5.41) is 65.2. The van der Waals surface area contributed by atoms with Crippen LogP contribution in [-0.4, -0.2) is 141 Å². The Morgan fingerprint density at radius 1 is 0.944 bits per heavy atom. The maximum Gasteiger partial charge on any atom is 0.342 e. The Labute approximate surface area is 427 Å². The van der Waals surface area contributed by atoms with E-state index in [1.54, 1.807) is 53.7 Å². The molecule has 71 heavy (non-hydrogen) atoms. The number of cyclic esters (lactones) is 1. The number of rotatable bonds is 13. The van der Waals surface area contributed by atoms with Crippen molar-refractivity contribution in [3.05, 3.63) is 79.9 Å². The molecule has 0 aliphatic carbocycles. The van der Waals surface area contributed by atoms with Crippen LogP contribution in [-0.2, 0) is 53.9 Å². The number of hydrogen-bond donors (Lipinski definition) is 6. The first kappa shape index (κ1) is 59.7. The molecule has 0 radical (unpaired) electrons. The van der Waals surface area contributed by atoms with Gasteiger partial charge in [0, 0.05) is 25.9 Å². The SMILES string of the molecule is CCc1c(Cl)c(O)c(Cl)c(O)c1C(=O)OC1C(C)OC(OC/C2=C\C=C\CC(O)/C(C)=C/C(CC)C(OC3OC(C)(C)C(OC(=O)C(C)C)CC3O)/C(C)=C/C(C)=C/CC(C(C)O)OC2=O)C(OC)C1O. The quantitative estimate of drug-likeness (QED) is 0.0646. The van der Waals surface area contributed by atoms with Crippen LogP contribution in [0.5, 0.6) is 11.5 Å². The number of methoxy groups -OCH3 is 1. The molecule has 19 heteroatoms. The monoisotopic (exact) mass is 1040 g/mol. The second-order valence-electron chi connectivity index (χ2n) is 19.3. The fourth-order valence-corrected chi connectivity index (χ4v) is 9.05. The molecule has 0 aromatic heterocycles. The van der Waals surface area contributed by atoms with Crippen LogP contribution in [0.2, 0.25) is 10.0 Å². The number of aromatic hydroxyl groups is 2. The molecular weight excluding hydrogens is 967 g/mol. The Balaban J connectivity index is 1.59. The predicted octanol–water partition coefficient (Wildman–Crippen LogP) is 7.26. The molecule has 3 aliphatic heterocycles. The minimum absolute atomic E-state index is 0.0187. The molecule has 6 N–H and O–H groups in total. The van der Waals surface area contributed by atoms with Gasteiger partial charge in [0.25, 0.3) is 0 Å². The number of aliphatic hydroxyl groups excluding tert-OH is 4. The Morgan fingerprint density at radius 2 is 1.62 bits per heavy atom. The molecule has 2 saturated heterocycles. The van der Waals surface area contributed by atoms with Crippen LogP contribution in [0.25, 0.3) is 0 Å². The van der Waals surface area contributed by atoms with Gasteiger partial charge in [-0.3, -0.25) is 4.79 Å². The Kier molecular flexibility index (Phi) is 22.2. The minimum Gasteiger partial charge on any atom is -0.505 e. The highest BCUT2D eigenvalue weighted by molar-refractivity contribution is 6.39. The number of aliphatic hydroxyl groups is 4. The van der Waals surface area contributed by atoms with E-state index >= 15 is 0 Å². The lowest BCUT2D eigenvalue weighted by Gasteiger charge is -2.45. The van der Waals surface area contributed by atoms with Crippen LogP contribution in [0, 0.1) is 11.8 Å². The van der Waals surface area contributed by atoms with E-state index in [4.69, 9.17) is 61.1 Å². The van der Waals surface area contributed by atoms with E-state index in [1.807, 2.05) is 39.0 Å². The topological polar surface area (TPSA) is 246 Å². The van der Waals surface area contributed by atoms with Crippen LogP contribution in [0.15, 0.2) is 58.7 Å². The lowest BCUT2D eigenvalue weighted by molar-refractivity contribution is -0.306. The number of phenols is 2. The van der Waals surface area contributed by atoms with Gasteiger partial charge in [0.15, 0.2) is 30.2 Å². The average Bonchev–Trinajstić information content (AvgIpc) is 3.30. The smallest absolute Gasteiger partial charge is 0.342 e. The molecule has 0 saturated carbocycles. The summed E-state index contributed by atoms with van der Waals surface area (Å²) in [6.07, 6.45) is -1.93. The molecule has 1 aromatic rings. The molecule has 4 rings (SSSR count). The molecule has 2 fully saturated rings. The fraction of sp³-hybridized carbons (Fsp3) is 0.635. The van der Waals surface area contributed by atoms with Gasteiger partial charge in [0.2, 0.25) is 0 Å². The second-order valence-corrected chi connectivity index (χ2v) is 20.0. The van der Waals surface area contributed by atoms with Crippen molar-refractivity contribution in [3.63, 3.8) is 0 Å². The zero-order valence-electron chi connectivity index (χ0n) is 42.7. The lowest BCUT2D eigenvalue weighted by Crippen LogP contribution is -2.59. The zero-order chi connectivity index (χ0) is 53.2. The average molecular weight is 1040 g/mol. The molecule has 3 heterocycles. The maximum absolute atomic E-state index is 13.9. The fourth-order valence-electron chi connectivity index (χ4n) is 8.49. The van der Waals surface area contributed by atoms with Crippen LogP contribution >= 0.6 is 23.2 Å². The van der Waals surface area contributed by atoms with Gasteiger partial charge in [-0.2, -0.15) is 0 Å². The summed E-state index contributed by atoms with van der Waals surface area (Å²) in [5.41, 5.74) is 0.814. The number of allylic oxidation sites excluding steroid dienone is 4. The lowest BCUT2D eigenvalue weighted by atomic mass is 9.89. The Hall–Kier alpha value is -3.85. The molecule has 17 nitrogen and oxygen atoms in total. The van der Waals surface area contributed by atoms with Gasteiger partial charge in [0.05, 0.1) is 47.5 Å². The highest BCUT2D eigenvalue weighted by atomic mass is 35.5. The first-order chi connectivity index (χ1) is 33.3. The van der Waals surface area contributed by atoms with Gasteiger partial charge in [0.1, 0.15) is 46.7 Å². The van der Waals surface area contributed by atoms with Gasteiger partial charge < -0.3 is 68.5 Å². The number of halogens is 2. The number of hydrogen-bond acceptors (Lipinski definition) is 17. The first-order valence-corrected chi connectivity index (χ1v) is 24.8. The van der Waals surface area contributed by atoms with Gasteiger partial charge in [-0.05, 0) is 90.5 Å². The van der Waals surface area contributed by atoms with Crippen molar-refractivity contribution in [2.24, 2.45) is 11.8 Å². The third-order valence-corrected chi connectivity index (χ3v) is 13.7. The van der Waals surface area contributed by atoms with Gasteiger partial charge in [-0.15, -0.1) is 0 Å². The van der Waals surface area contributed by atoms with Crippen molar-refractivity contribution in [1.82, 2.24) is 0 Å². The molecule has 1 aromatic carbocycles. The highest BCUT2D eigenvalue weighted by Gasteiger charge is 2.49. The molecule has 13 atom stereocenters. The second kappa shape index (κ2) is 26.4. The molecule has 0 amide bonds. The standard InChI is InChI=1S/C52H74Cl2O17/c1-13-31-22-27(6)34(56)18-16-15-17-32(24-65-51-46(64-12)43(60)45(30(9)66-51)69-49(63)38-33(14-2)39(53)42(59)40(54)41(38)58)48(62)67-36(29(8)55)20-19-26(5)21-28(7)44(31)70-50-35(57)23-37(52(10,11)71-50)68-47(61)25(3)4/h15-17,19,21-22,25,29-31,34-37,43-46,50-51,55-60H,13-14,18,20,23-24H2,1-12H3/b16-15+,26-19+,27-22+,28-21+,32-17+. The summed E-state index contributed by atoms with van der Waals surface area (Å²) in [4.78, 5) is 40.0. The van der Waals surface area contributed by atoms with Crippen LogP contribution in [0.1, 0.15) is 118 Å². The van der Waals surface area contributed by atoms with Gasteiger partial charge >= 0.3 is 17.9 Å². The number of ether oxygens (including phenoxy) is 8. The Morgan fingerprint density at radius 3 is 2.23 bits per heavy atom. The summed E-state index contributed by atoms with van der Waals surface area (Å²) in [5.74, 6) is -4.37. The predicted molar refractivity (Wildman–Crippen MR) is 264 cm³/mol. The van der Waals surface area contributed by atoms with Crippen molar-refractivity contribution in [2.75, 3.05) is 13.7 Å². The van der Waals surface area contributed by atoms with Crippen LogP contribution in [0.3, 0.4) is 0 Å².